The molecule has 0 spiro atoms. The van der Waals surface area contributed by atoms with E-state index in [2.05, 4.69) is 5.32 Å². The molecule has 0 aliphatic heterocycles. The summed E-state index contributed by atoms with van der Waals surface area (Å²) >= 11 is 0. The number of hydrogen-bond acceptors (Lipinski definition) is 3. The molecule has 1 aliphatic carbocycles. The number of benzene rings is 2. The second kappa shape index (κ2) is 8.32. The zero-order valence-electron chi connectivity index (χ0n) is 15.0. The first-order valence-corrected chi connectivity index (χ1v) is 9.02. The van der Waals surface area contributed by atoms with Crippen LogP contribution >= 0.6 is 0 Å². The SMILES string of the molecule is COc1ccc(C(NC(=O)C2CCCC(N)C2)c2ccc(F)cc2)cc1. The molecule has 3 N–H and O–H groups in total. The second-order valence-electron chi connectivity index (χ2n) is 6.89. The molecule has 1 amide bonds. The van der Waals surface area contributed by atoms with E-state index in [0.717, 1.165) is 36.1 Å². The minimum absolute atomic E-state index is 0.00490. The topological polar surface area (TPSA) is 64.3 Å². The molecule has 1 saturated carbocycles. The number of carbonyl (C=O) groups excluding carboxylic acids is 1. The zero-order chi connectivity index (χ0) is 18.5. The number of nitrogens with two attached hydrogens (primary N) is 1. The number of rotatable bonds is 5. The third kappa shape index (κ3) is 4.41. The molecule has 5 heteroatoms. The van der Waals surface area contributed by atoms with E-state index in [1.807, 2.05) is 24.3 Å². The highest BCUT2D eigenvalue weighted by atomic mass is 19.1. The molecule has 138 valence electrons. The minimum Gasteiger partial charge on any atom is -0.497 e. The summed E-state index contributed by atoms with van der Waals surface area (Å²) in [7, 11) is 1.61. The third-order valence-corrected chi connectivity index (χ3v) is 5.02. The maximum absolute atomic E-state index is 13.3. The number of nitrogens with one attached hydrogen (secondary N) is 1. The lowest BCUT2D eigenvalue weighted by Crippen LogP contribution is -2.39. The summed E-state index contributed by atoms with van der Waals surface area (Å²) in [6.45, 7) is 0. The minimum atomic E-state index is -0.341. The Labute approximate surface area is 153 Å². The van der Waals surface area contributed by atoms with Crippen LogP contribution in [0.5, 0.6) is 5.75 Å². The van der Waals surface area contributed by atoms with Crippen molar-refractivity contribution in [2.24, 2.45) is 11.7 Å². The first-order valence-electron chi connectivity index (χ1n) is 9.02. The van der Waals surface area contributed by atoms with E-state index >= 15 is 0 Å². The van der Waals surface area contributed by atoms with Crippen LogP contribution in [0.2, 0.25) is 0 Å². The van der Waals surface area contributed by atoms with E-state index < -0.39 is 0 Å². The van der Waals surface area contributed by atoms with Crippen LogP contribution in [0, 0.1) is 11.7 Å². The normalized spacial score (nSPS) is 21.0. The molecular weight excluding hydrogens is 331 g/mol. The monoisotopic (exact) mass is 356 g/mol. The standard InChI is InChI=1S/C21H25FN2O2/c1-26-19-11-7-15(8-12-19)20(14-5-9-17(22)10-6-14)24-21(25)16-3-2-4-18(23)13-16/h5-12,16,18,20H,2-4,13,23H2,1H3,(H,24,25). The van der Waals surface area contributed by atoms with Crippen molar-refractivity contribution in [1.82, 2.24) is 5.32 Å². The van der Waals surface area contributed by atoms with Crippen LogP contribution in [0.25, 0.3) is 0 Å². The lowest BCUT2D eigenvalue weighted by molar-refractivity contribution is -0.126. The lowest BCUT2D eigenvalue weighted by Gasteiger charge is -2.28. The van der Waals surface area contributed by atoms with Crippen LogP contribution < -0.4 is 15.8 Å². The average molecular weight is 356 g/mol. The van der Waals surface area contributed by atoms with Gasteiger partial charge in [0.25, 0.3) is 0 Å². The summed E-state index contributed by atoms with van der Waals surface area (Å²) in [5, 5.41) is 3.14. The van der Waals surface area contributed by atoms with Crippen molar-refractivity contribution >= 4 is 5.91 Å². The van der Waals surface area contributed by atoms with Gasteiger partial charge in [0.2, 0.25) is 5.91 Å². The largest absolute Gasteiger partial charge is 0.497 e. The van der Waals surface area contributed by atoms with Crippen molar-refractivity contribution in [1.29, 1.82) is 0 Å². The Morgan fingerprint density at radius 2 is 1.73 bits per heavy atom. The fourth-order valence-corrected chi connectivity index (χ4v) is 3.54. The van der Waals surface area contributed by atoms with Gasteiger partial charge >= 0.3 is 0 Å². The van der Waals surface area contributed by atoms with Gasteiger partial charge in [0.1, 0.15) is 11.6 Å². The van der Waals surface area contributed by atoms with E-state index in [0.29, 0.717) is 6.42 Å². The van der Waals surface area contributed by atoms with Crippen molar-refractivity contribution in [2.75, 3.05) is 7.11 Å². The van der Waals surface area contributed by atoms with E-state index in [-0.39, 0.29) is 29.7 Å². The van der Waals surface area contributed by atoms with Crippen molar-refractivity contribution in [3.63, 3.8) is 0 Å². The molecule has 26 heavy (non-hydrogen) atoms. The molecule has 4 nitrogen and oxygen atoms in total. The molecule has 1 aliphatic rings. The molecule has 0 saturated heterocycles. The molecule has 2 aromatic carbocycles. The van der Waals surface area contributed by atoms with Gasteiger partial charge in [-0.2, -0.15) is 0 Å². The van der Waals surface area contributed by atoms with Gasteiger partial charge in [-0.05, 0) is 54.7 Å². The maximum Gasteiger partial charge on any atom is 0.223 e. The van der Waals surface area contributed by atoms with Gasteiger partial charge in [0.05, 0.1) is 13.2 Å². The lowest BCUT2D eigenvalue weighted by atomic mass is 9.85. The first kappa shape index (κ1) is 18.4. The van der Waals surface area contributed by atoms with Gasteiger partial charge < -0.3 is 15.8 Å². The zero-order valence-corrected chi connectivity index (χ0v) is 15.0. The highest BCUT2D eigenvalue weighted by Gasteiger charge is 2.27. The molecule has 3 atom stereocenters. The van der Waals surface area contributed by atoms with Gasteiger partial charge in [-0.25, -0.2) is 4.39 Å². The van der Waals surface area contributed by atoms with Gasteiger partial charge in [-0.15, -0.1) is 0 Å². The number of methoxy groups -OCH3 is 1. The van der Waals surface area contributed by atoms with Gasteiger partial charge in [0, 0.05) is 12.0 Å². The summed E-state index contributed by atoms with van der Waals surface area (Å²) < 4.78 is 18.5. The van der Waals surface area contributed by atoms with Crippen molar-refractivity contribution in [3.8, 4) is 5.75 Å². The molecule has 0 heterocycles. The number of ether oxygens (including phenoxy) is 1. The van der Waals surface area contributed by atoms with Crippen LogP contribution in [0.15, 0.2) is 48.5 Å². The number of hydrogen-bond donors (Lipinski definition) is 2. The molecule has 3 unspecified atom stereocenters. The quantitative estimate of drug-likeness (QED) is 0.861. The van der Waals surface area contributed by atoms with Crippen molar-refractivity contribution in [3.05, 3.63) is 65.5 Å². The summed E-state index contributed by atoms with van der Waals surface area (Å²) in [4.78, 5) is 12.8. The molecule has 0 bridgehead atoms. The third-order valence-electron chi connectivity index (χ3n) is 5.02. The van der Waals surface area contributed by atoms with Crippen molar-refractivity contribution < 1.29 is 13.9 Å². The van der Waals surface area contributed by atoms with Crippen LogP contribution in [-0.4, -0.2) is 19.1 Å². The van der Waals surface area contributed by atoms with Crippen LogP contribution in [0.3, 0.4) is 0 Å². The van der Waals surface area contributed by atoms with Crippen LogP contribution in [-0.2, 0) is 4.79 Å². The summed E-state index contributed by atoms with van der Waals surface area (Å²) in [6, 6.07) is 13.5. The average Bonchev–Trinajstić information content (AvgIpc) is 2.67. The van der Waals surface area contributed by atoms with Crippen molar-refractivity contribution in [2.45, 2.75) is 37.8 Å². The van der Waals surface area contributed by atoms with E-state index in [1.165, 1.54) is 12.1 Å². The predicted octanol–water partition coefficient (Wildman–Crippen LogP) is 3.56. The molecule has 2 aromatic rings. The first-order chi connectivity index (χ1) is 12.6. The van der Waals surface area contributed by atoms with Crippen LogP contribution in [0.1, 0.15) is 42.9 Å². The fourth-order valence-electron chi connectivity index (χ4n) is 3.54. The Hall–Kier alpha value is -2.40. The van der Waals surface area contributed by atoms with Crippen LogP contribution in [0.4, 0.5) is 4.39 Å². The summed E-state index contributed by atoms with van der Waals surface area (Å²) in [6.07, 6.45) is 3.52. The fraction of sp³-hybridized carbons (Fsp3) is 0.381. The smallest absolute Gasteiger partial charge is 0.223 e. The Morgan fingerprint density at radius 3 is 2.31 bits per heavy atom. The molecule has 3 rings (SSSR count). The Bertz CT molecular complexity index is 731. The number of carbonyl (C=O) groups is 1. The van der Waals surface area contributed by atoms with E-state index in [4.69, 9.17) is 10.5 Å². The number of halogens is 1. The highest BCUT2D eigenvalue weighted by Crippen LogP contribution is 2.28. The van der Waals surface area contributed by atoms with Gasteiger partial charge in [-0.1, -0.05) is 30.7 Å². The Kier molecular flexibility index (Phi) is 5.89. The van der Waals surface area contributed by atoms with E-state index in [9.17, 15) is 9.18 Å². The highest BCUT2D eigenvalue weighted by molar-refractivity contribution is 5.79. The van der Waals surface area contributed by atoms with Gasteiger partial charge in [-0.3, -0.25) is 4.79 Å². The molecule has 1 fully saturated rings. The maximum atomic E-state index is 13.3. The summed E-state index contributed by atoms with van der Waals surface area (Å²) in [5.41, 5.74) is 7.79. The molecule has 0 radical (unpaired) electrons. The number of amides is 1. The Morgan fingerprint density at radius 1 is 1.12 bits per heavy atom. The molecule has 0 aromatic heterocycles. The van der Waals surface area contributed by atoms with E-state index in [1.54, 1.807) is 19.2 Å². The van der Waals surface area contributed by atoms with Gasteiger partial charge in [0.15, 0.2) is 0 Å². The summed E-state index contributed by atoms with van der Waals surface area (Å²) in [5.74, 6) is 0.383. The Balaban J connectivity index is 1.84. The predicted molar refractivity (Wildman–Crippen MR) is 99.3 cm³/mol. The molecular formula is C21H25FN2O2. The second-order valence-corrected chi connectivity index (χ2v) is 6.89.